The smallest absolute Gasteiger partial charge is 0.261 e. The Balaban J connectivity index is 1.63. The monoisotopic (exact) mass is 360 g/mol. The van der Waals surface area contributed by atoms with Crippen molar-refractivity contribution in [2.24, 2.45) is 0 Å². The predicted octanol–water partition coefficient (Wildman–Crippen LogP) is 5.22. The normalized spacial score (nSPS) is 10.7. The van der Waals surface area contributed by atoms with Crippen molar-refractivity contribution in [3.8, 4) is 17.0 Å². The van der Waals surface area contributed by atoms with E-state index in [9.17, 15) is 4.79 Å². The second-order valence-electron chi connectivity index (χ2n) is 5.72. The van der Waals surface area contributed by atoms with Crippen molar-refractivity contribution in [2.45, 2.75) is 0 Å². The van der Waals surface area contributed by atoms with E-state index in [1.807, 2.05) is 35.7 Å². The van der Waals surface area contributed by atoms with Crippen LogP contribution in [0.25, 0.3) is 22.0 Å². The Morgan fingerprint density at radius 1 is 1.00 bits per heavy atom. The van der Waals surface area contributed by atoms with E-state index in [1.54, 1.807) is 25.3 Å². The summed E-state index contributed by atoms with van der Waals surface area (Å²) in [5.74, 6) is 0.303. The van der Waals surface area contributed by atoms with Gasteiger partial charge in [-0.05, 0) is 22.9 Å². The van der Waals surface area contributed by atoms with E-state index in [-0.39, 0.29) is 5.91 Å². The minimum Gasteiger partial charge on any atom is -0.496 e. The second kappa shape index (κ2) is 6.98. The Morgan fingerprint density at radius 3 is 2.65 bits per heavy atom. The summed E-state index contributed by atoms with van der Waals surface area (Å²) in [6.45, 7) is 0. The fourth-order valence-electron chi connectivity index (χ4n) is 2.90. The van der Waals surface area contributed by atoms with Crippen LogP contribution in [0.15, 0.2) is 72.1 Å². The quantitative estimate of drug-likeness (QED) is 0.542. The van der Waals surface area contributed by atoms with Gasteiger partial charge in [-0.2, -0.15) is 0 Å². The number of fused-ring (bicyclic) bond motifs is 1. The lowest BCUT2D eigenvalue weighted by atomic mass is 10.0. The highest BCUT2D eigenvalue weighted by Gasteiger charge is 2.14. The molecule has 1 heterocycles. The Kier molecular flexibility index (Phi) is 4.37. The van der Waals surface area contributed by atoms with E-state index >= 15 is 0 Å². The number of benzene rings is 3. The Hall–Kier alpha value is -3.18. The number of carbonyl (C=O) groups excluding carboxylic acids is 1. The molecule has 0 fully saturated rings. The third-order valence-electron chi connectivity index (χ3n) is 4.14. The Bertz CT molecular complexity index is 1080. The number of para-hydroxylation sites is 1. The van der Waals surface area contributed by atoms with Crippen molar-refractivity contribution in [1.29, 1.82) is 0 Å². The summed E-state index contributed by atoms with van der Waals surface area (Å²) in [4.78, 5) is 17.1. The predicted molar refractivity (Wildman–Crippen MR) is 106 cm³/mol. The number of rotatable bonds is 4. The van der Waals surface area contributed by atoms with Crippen LogP contribution in [0.2, 0.25) is 0 Å². The number of thiazole rings is 1. The molecule has 0 radical (unpaired) electrons. The topological polar surface area (TPSA) is 51.2 Å². The minimum absolute atomic E-state index is 0.235. The molecule has 1 amide bonds. The fourth-order valence-corrected chi connectivity index (χ4v) is 3.61. The highest BCUT2D eigenvalue weighted by molar-refractivity contribution is 7.14. The summed E-state index contributed by atoms with van der Waals surface area (Å²) in [5.41, 5.74) is 2.39. The van der Waals surface area contributed by atoms with Crippen LogP contribution in [-0.4, -0.2) is 18.0 Å². The molecule has 1 aromatic heterocycles. The van der Waals surface area contributed by atoms with E-state index in [2.05, 4.69) is 28.5 Å². The van der Waals surface area contributed by atoms with Crippen molar-refractivity contribution >= 4 is 33.1 Å². The molecule has 0 unspecified atom stereocenters. The first-order valence-corrected chi connectivity index (χ1v) is 9.02. The summed E-state index contributed by atoms with van der Waals surface area (Å²) >= 11 is 1.41. The van der Waals surface area contributed by atoms with Gasteiger partial charge in [-0.15, -0.1) is 11.3 Å². The number of carbonyl (C=O) groups is 1. The fraction of sp³-hybridized carbons (Fsp3) is 0.0476. The molecule has 4 nitrogen and oxygen atoms in total. The molecule has 0 aliphatic rings. The van der Waals surface area contributed by atoms with Crippen molar-refractivity contribution in [2.75, 3.05) is 12.4 Å². The van der Waals surface area contributed by atoms with Gasteiger partial charge in [0.1, 0.15) is 5.75 Å². The third-order valence-corrected chi connectivity index (χ3v) is 4.90. The van der Waals surface area contributed by atoms with Crippen molar-refractivity contribution in [1.82, 2.24) is 4.98 Å². The van der Waals surface area contributed by atoms with Crippen LogP contribution >= 0.6 is 11.3 Å². The summed E-state index contributed by atoms with van der Waals surface area (Å²) < 4.78 is 5.25. The van der Waals surface area contributed by atoms with Gasteiger partial charge in [0.25, 0.3) is 5.91 Å². The summed E-state index contributed by atoms with van der Waals surface area (Å²) in [6, 6.07) is 21.5. The molecule has 3 aromatic carbocycles. The molecule has 4 aromatic rings. The van der Waals surface area contributed by atoms with Crippen molar-refractivity contribution < 1.29 is 9.53 Å². The number of hydrogen-bond acceptors (Lipinski definition) is 4. The molecule has 4 rings (SSSR count). The summed E-state index contributed by atoms with van der Waals surface area (Å²) in [6.07, 6.45) is 0. The SMILES string of the molecule is COc1ccccc1C(=O)Nc1nc(-c2cccc3ccccc23)cs1. The van der Waals surface area contributed by atoms with Gasteiger partial charge in [-0.3, -0.25) is 10.1 Å². The Morgan fingerprint density at radius 2 is 1.77 bits per heavy atom. The number of amides is 1. The molecule has 128 valence electrons. The summed E-state index contributed by atoms with van der Waals surface area (Å²) in [7, 11) is 1.55. The molecule has 5 heteroatoms. The van der Waals surface area contributed by atoms with Crippen molar-refractivity contribution in [3.63, 3.8) is 0 Å². The third kappa shape index (κ3) is 3.05. The van der Waals surface area contributed by atoms with Crippen molar-refractivity contribution in [3.05, 3.63) is 77.7 Å². The van der Waals surface area contributed by atoms with Gasteiger partial charge in [0.2, 0.25) is 0 Å². The number of nitrogens with one attached hydrogen (secondary N) is 1. The van der Waals surface area contributed by atoms with Crippen LogP contribution in [0.5, 0.6) is 5.75 Å². The number of ether oxygens (including phenoxy) is 1. The van der Waals surface area contributed by atoms with E-state index in [1.165, 1.54) is 11.3 Å². The molecule has 26 heavy (non-hydrogen) atoms. The van der Waals surface area contributed by atoms with E-state index in [0.29, 0.717) is 16.4 Å². The number of methoxy groups -OCH3 is 1. The summed E-state index contributed by atoms with van der Waals surface area (Å²) in [5, 5.41) is 7.68. The zero-order chi connectivity index (χ0) is 17.9. The first kappa shape index (κ1) is 16.3. The number of anilines is 1. The van der Waals surface area contributed by atoms with Gasteiger partial charge in [0.05, 0.1) is 18.4 Å². The first-order chi connectivity index (χ1) is 12.8. The van der Waals surface area contributed by atoms with Gasteiger partial charge in [0, 0.05) is 10.9 Å². The molecule has 0 saturated heterocycles. The van der Waals surface area contributed by atoms with Gasteiger partial charge in [-0.1, -0.05) is 54.6 Å². The molecule has 0 spiro atoms. The largest absolute Gasteiger partial charge is 0.496 e. The molecule has 0 saturated carbocycles. The van der Waals surface area contributed by atoms with Crippen LogP contribution in [-0.2, 0) is 0 Å². The first-order valence-electron chi connectivity index (χ1n) is 8.14. The van der Waals surface area contributed by atoms with Gasteiger partial charge < -0.3 is 4.74 Å². The molecule has 0 aliphatic carbocycles. The standard InChI is InChI=1S/C21H16N2O2S/c1-25-19-12-5-4-10-17(19)20(24)23-21-22-18(13-26-21)16-11-6-8-14-7-2-3-9-15(14)16/h2-13H,1H3,(H,22,23,24). The maximum Gasteiger partial charge on any atom is 0.261 e. The molecule has 0 atom stereocenters. The maximum absolute atomic E-state index is 12.5. The van der Waals surface area contributed by atoms with Crippen LogP contribution in [0, 0.1) is 0 Å². The van der Waals surface area contributed by atoms with Gasteiger partial charge >= 0.3 is 0 Å². The van der Waals surface area contributed by atoms with E-state index < -0.39 is 0 Å². The maximum atomic E-state index is 12.5. The average molecular weight is 360 g/mol. The van der Waals surface area contributed by atoms with Crippen LogP contribution in [0.1, 0.15) is 10.4 Å². The Labute approximate surface area is 155 Å². The number of nitrogens with zero attached hydrogens (tertiary/aromatic N) is 1. The number of hydrogen-bond donors (Lipinski definition) is 1. The zero-order valence-corrected chi connectivity index (χ0v) is 14.9. The number of aromatic nitrogens is 1. The highest BCUT2D eigenvalue weighted by Crippen LogP contribution is 2.31. The lowest BCUT2D eigenvalue weighted by Crippen LogP contribution is -2.12. The molecule has 1 N–H and O–H groups in total. The lowest BCUT2D eigenvalue weighted by molar-refractivity contribution is 0.102. The van der Waals surface area contributed by atoms with Gasteiger partial charge in [-0.25, -0.2) is 4.98 Å². The van der Waals surface area contributed by atoms with E-state index in [4.69, 9.17) is 4.74 Å². The molecular weight excluding hydrogens is 344 g/mol. The lowest BCUT2D eigenvalue weighted by Gasteiger charge is -2.07. The van der Waals surface area contributed by atoms with Crippen LogP contribution < -0.4 is 10.1 Å². The molecule has 0 aliphatic heterocycles. The average Bonchev–Trinajstić information content (AvgIpc) is 3.15. The van der Waals surface area contributed by atoms with Crippen LogP contribution in [0.3, 0.4) is 0 Å². The molecule has 0 bridgehead atoms. The highest BCUT2D eigenvalue weighted by atomic mass is 32.1. The molecular formula is C21H16N2O2S. The second-order valence-corrected chi connectivity index (χ2v) is 6.58. The minimum atomic E-state index is -0.235. The van der Waals surface area contributed by atoms with Crippen LogP contribution in [0.4, 0.5) is 5.13 Å². The zero-order valence-electron chi connectivity index (χ0n) is 14.1. The van der Waals surface area contributed by atoms with E-state index in [0.717, 1.165) is 22.0 Å². The van der Waals surface area contributed by atoms with Gasteiger partial charge in [0.15, 0.2) is 5.13 Å².